The fourth-order valence-corrected chi connectivity index (χ4v) is 7.62. The SMILES string of the molecule is CC(C)(C)[Si](C)(C)O[C@@H]1C[C@H](OC2CCCCO2)[C@H](/C(=C\CCOc2cccc(Br)c2)OC2CCCCO2)[C@@H]1CC=O. The number of carbonyl (C=O) groups is 1. The fourth-order valence-electron chi connectivity index (χ4n) is 5.86. The minimum absolute atomic E-state index is 0.0501. The van der Waals surface area contributed by atoms with Crippen LogP contribution in [0.4, 0.5) is 0 Å². The average molecular weight is 668 g/mol. The van der Waals surface area contributed by atoms with Gasteiger partial charge in [0.25, 0.3) is 0 Å². The Bertz CT molecular complexity index is 1010. The maximum atomic E-state index is 12.1. The Balaban J connectivity index is 1.61. The lowest BCUT2D eigenvalue weighted by Gasteiger charge is -2.40. The molecular formula is C33H51BrO7Si. The summed E-state index contributed by atoms with van der Waals surface area (Å²) in [4.78, 5) is 12.1. The quantitative estimate of drug-likeness (QED) is 0.0910. The summed E-state index contributed by atoms with van der Waals surface area (Å²) in [6.07, 6.45) is 10.0. The molecule has 6 atom stereocenters. The molecule has 7 nitrogen and oxygen atoms in total. The fraction of sp³-hybridized carbons (Fsp3) is 0.727. The van der Waals surface area contributed by atoms with Gasteiger partial charge in [-0.15, -0.1) is 0 Å². The minimum Gasteiger partial charge on any atom is -0.493 e. The van der Waals surface area contributed by atoms with Crippen LogP contribution in [0.1, 0.15) is 78.6 Å². The Morgan fingerprint density at radius 2 is 1.76 bits per heavy atom. The van der Waals surface area contributed by atoms with Crippen LogP contribution in [-0.4, -0.2) is 59.2 Å². The van der Waals surface area contributed by atoms with Gasteiger partial charge in [0.2, 0.25) is 0 Å². The number of carbonyl (C=O) groups excluding carboxylic acids is 1. The zero-order valence-corrected chi connectivity index (χ0v) is 28.7. The summed E-state index contributed by atoms with van der Waals surface area (Å²) in [5, 5.41) is 0.0501. The van der Waals surface area contributed by atoms with Crippen molar-refractivity contribution in [3.8, 4) is 5.75 Å². The first kappa shape index (κ1) is 33.7. The second-order valence-corrected chi connectivity index (χ2v) is 19.0. The lowest BCUT2D eigenvalue weighted by Crippen LogP contribution is -2.45. The van der Waals surface area contributed by atoms with E-state index in [0.29, 0.717) is 39.1 Å². The van der Waals surface area contributed by atoms with Crippen LogP contribution in [-0.2, 0) is 28.2 Å². The minimum atomic E-state index is -2.11. The summed E-state index contributed by atoms with van der Waals surface area (Å²) >= 11 is 3.51. The molecule has 4 rings (SSSR count). The van der Waals surface area contributed by atoms with Crippen molar-refractivity contribution in [1.29, 1.82) is 0 Å². The van der Waals surface area contributed by atoms with Crippen LogP contribution in [0, 0.1) is 11.8 Å². The van der Waals surface area contributed by atoms with Gasteiger partial charge in [-0.2, -0.15) is 0 Å². The smallest absolute Gasteiger partial charge is 0.199 e. The number of aldehydes is 1. The molecule has 42 heavy (non-hydrogen) atoms. The maximum absolute atomic E-state index is 12.1. The van der Waals surface area contributed by atoms with Crippen molar-refractivity contribution >= 4 is 30.5 Å². The molecule has 236 valence electrons. The van der Waals surface area contributed by atoms with Gasteiger partial charge in [0.15, 0.2) is 20.9 Å². The average Bonchev–Trinajstić information content (AvgIpc) is 3.26. The highest BCUT2D eigenvalue weighted by atomic mass is 79.9. The summed E-state index contributed by atoms with van der Waals surface area (Å²) in [6, 6.07) is 7.86. The second-order valence-electron chi connectivity index (χ2n) is 13.3. The van der Waals surface area contributed by atoms with Crippen molar-refractivity contribution < 1.29 is 32.9 Å². The molecule has 0 N–H and O–H groups in total. The molecule has 3 aliphatic rings. The van der Waals surface area contributed by atoms with E-state index < -0.39 is 8.32 Å². The van der Waals surface area contributed by atoms with Crippen LogP contribution in [0.2, 0.25) is 18.1 Å². The number of halogens is 1. The molecule has 3 fully saturated rings. The third-order valence-corrected chi connectivity index (χ3v) is 14.1. The van der Waals surface area contributed by atoms with Crippen LogP contribution in [0.3, 0.4) is 0 Å². The molecule has 0 bridgehead atoms. The van der Waals surface area contributed by atoms with Gasteiger partial charge in [-0.25, -0.2) is 0 Å². The highest BCUT2D eigenvalue weighted by Gasteiger charge is 2.51. The normalized spacial score (nSPS) is 29.3. The second kappa shape index (κ2) is 15.7. The Kier molecular flexibility index (Phi) is 12.6. The third kappa shape index (κ3) is 9.38. The molecule has 2 aliphatic heterocycles. The molecule has 1 aromatic carbocycles. The van der Waals surface area contributed by atoms with Crippen molar-refractivity contribution in [3.63, 3.8) is 0 Å². The molecule has 9 heteroatoms. The largest absolute Gasteiger partial charge is 0.493 e. The van der Waals surface area contributed by atoms with Gasteiger partial charge in [-0.3, -0.25) is 0 Å². The monoisotopic (exact) mass is 666 g/mol. The van der Waals surface area contributed by atoms with Crippen LogP contribution in [0.25, 0.3) is 0 Å². The molecule has 2 saturated heterocycles. The number of hydrogen-bond donors (Lipinski definition) is 0. The predicted octanol–water partition coefficient (Wildman–Crippen LogP) is 8.17. The van der Waals surface area contributed by atoms with Crippen molar-refractivity contribution in [1.82, 2.24) is 0 Å². The first-order valence-electron chi connectivity index (χ1n) is 15.8. The molecule has 0 amide bonds. The van der Waals surface area contributed by atoms with Crippen molar-refractivity contribution in [2.45, 2.75) is 121 Å². The Hall–Kier alpha value is -1.23. The van der Waals surface area contributed by atoms with E-state index in [1.165, 1.54) is 0 Å². The summed E-state index contributed by atoms with van der Waals surface area (Å²) in [5.74, 6) is 1.43. The van der Waals surface area contributed by atoms with Gasteiger partial charge in [-0.05, 0) is 80.9 Å². The van der Waals surface area contributed by atoms with Gasteiger partial charge in [-0.1, -0.05) is 42.8 Å². The number of ether oxygens (including phenoxy) is 5. The number of hydrogen-bond acceptors (Lipinski definition) is 7. The standard InChI is InChI=1S/C33H51BrO7Si/c1-33(2,3)42(4,5)41-28-23-29(40-31-16-7-9-20-38-31)32(26(28)17-18-35)27(39-30-15-6-8-19-37-30)14-11-21-36-25-13-10-12-24(34)22-25/h10,12-14,18,22,26,28-32H,6-9,11,15-17,19-21,23H2,1-5H3/b27-14+/t26-,28-,29+,30?,31?,32+/m1/s1. The maximum Gasteiger partial charge on any atom is 0.199 e. The van der Waals surface area contributed by atoms with E-state index in [1.54, 1.807) is 0 Å². The summed E-state index contributed by atoms with van der Waals surface area (Å²) in [7, 11) is -2.11. The zero-order chi connectivity index (χ0) is 30.2. The lowest BCUT2D eigenvalue weighted by atomic mass is 9.88. The van der Waals surface area contributed by atoms with Crippen molar-refractivity contribution in [3.05, 3.63) is 40.6 Å². The number of benzene rings is 1. The van der Waals surface area contributed by atoms with E-state index in [1.807, 2.05) is 24.3 Å². The molecule has 0 spiro atoms. The summed E-state index contributed by atoms with van der Waals surface area (Å²) < 4.78 is 39.5. The zero-order valence-electron chi connectivity index (χ0n) is 26.1. The van der Waals surface area contributed by atoms with E-state index in [4.69, 9.17) is 28.1 Å². The van der Waals surface area contributed by atoms with Crippen LogP contribution in [0.15, 0.2) is 40.6 Å². The van der Waals surface area contributed by atoms with E-state index in [9.17, 15) is 4.79 Å². The van der Waals surface area contributed by atoms with E-state index in [-0.39, 0.29) is 41.7 Å². The van der Waals surface area contributed by atoms with Gasteiger partial charge in [0, 0.05) is 42.2 Å². The Labute approximate surface area is 262 Å². The van der Waals surface area contributed by atoms with Gasteiger partial charge < -0.3 is 32.9 Å². The Morgan fingerprint density at radius 3 is 2.38 bits per heavy atom. The lowest BCUT2D eigenvalue weighted by molar-refractivity contribution is -0.201. The van der Waals surface area contributed by atoms with Gasteiger partial charge in [0.1, 0.15) is 17.8 Å². The number of rotatable bonds is 13. The molecule has 0 aromatic heterocycles. The first-order valence-corrected chi connectivity index (χ1v) is 19.5. The summed E-state index contributed by atoms with van der Waals surface area (Å²) in [6.45, 7) is 13.2. The van der Waals surface area contributed by atoms with Gasteiger partial charge >= 0.3 is 0 Å². The van der Waals surface area contributed by atoms with Crippen LogP contribution >= 0.6 is 15.9 Å². The molecule has 0 radical (unpaired) electrons. The van der Waals surface area contributed by atoms with E-state index in [2.05, 4.69) is 55.9 Å². The van der Waals surface area contributed by atoms with Gasteiger partial charge in [0.05, 0.1) is 25.4 Å². The Morgan fingerprint density at radius 1 is 1.05 bits per heavy atom. The van der Waals surface area contributed by atoms with E-state index in [0.717, 1.165) is 60.8 Å². The highest BCUT2D eigenvalue weighted by Crippen LogP contribution is 2.47. The molecule has 1 aliphatic carbocycles. The highest BCUT2D eigenvalue weighted by molar-refractivity contribution is 9.10. The summed E-state index contributed by atoms with van der Waals surface area (Å²) in [5.41, 5.74) is 0. The first-order chi connectivity index (χ1) is 20.1. The molecule has 1 aromatic rings. The van der Waals surface area contributed by atoms with Crippen molar-refractivity contribution in [2.24, 2.45) is 11.8 Å². The molecule has 2 heterocycles. The molecule has 1 saturated carbocycles. The van der Waals surface area contributed by atoms with E-state index >= 15 is 0 Å². The third-order valence-electron chi connectivity index (χ3n) is 9.15. The van der Waals surface area contributed by atoms with Crippen LogP contribution in [0.5, 0.6) is 5.75 Å². The van der Waals surface area contributed by atoms with Crippen LogP contribution < -0.4 is 4.74 Å². The topological polar surface area (TPSA) is 72.5 Å². The molecular weight excluding hydrogens is 616 g/mol. The van der Waals surface area contributed by atoms with Crippen molar-refractivity contribution in [2.75, 3.05) is 19.8 Å². The molecule has 2 unspecified atom stereocenters. The predicted molar refractivity (Wildman–Crippen MR) is 170 cm³/mol.